The zero-order valence-electron chi connectivity index (χ0n) is 27.5. The van der Waals surface area contributed by atoms with Crippen molar-refractivity contribution in [3.8, 4) is 11.5 Å². The van der Waals surface area contributed by atoms with Gasteiger partial charge in [-0.2, -0.15) is 8.78 Å². The lowest BCUT2D eigenvalue weighted by Crippen LogP contribution is -2.27. The third-order valence-electron chi connectivity index (χ3n) is 7.88. The Labute approximate surface area is 299 Å². The molecule has 1 aliphatic carbocycles. The Kier molecular flexibility index (Phi) is 12.9. The van der Waals surface area contributed by atoms with Crippen molar-refractivity contribution in [3.05, 3.63) is 117 Å². The first-order chi connectivity index (χ1) is 24.1. The Morgan fingerprint density at radius 2 is 1.68 bits per heavy atom. The molecule has 4 aromatic rings. The van der Waals surface area contributed by atoms with Crippen molar-refractivity contribution in [1.29, 1.82) is 0 Å². The van der Waals surface area contributed by atoms with Gasteiger partial charge in [-0.3, -0.25) is 4.98 Å². The lowest BCUT2D eigenvalue weighted by atomic mass is 10.0. The number of esters is 2. The lowest BCUT2D eigenvalue weighted by molar-refractivity contribution is -0.145. The van der Waals surface area contributed by atoms with Crippen molar-refractivity contribution in [3.63, 3.8) is 0 Å². The molecule has 5 rings (SSSR count). The molecule has 0 radical (unpaired) electrons. The second-order valence-corrected chi connectivity index (χ2v) is 12.9. The number of hydrogen-bond donors (Lipinski definition) is 1. The number of pyridine rings is 1. The molecule has 3 aromatic carbocycles. The molecule has 0 amide bonds. The first kappa shape index (κ1) is 36.8. The number of halogens is 4. The number of anilines is 1. The molecular formula is C37H37Cl2F2N3O6. The van der Waals surface area contributed by atoms with Crippen LogP contribution in [0.4, 0.5) is 14.5 Å². The smallest absolute Gasteiger partial charge is 0.387 e. The van der Waals surface area contributed by atoms with E-state index in [4.69, 9.17) is 42.1 Å². The summed E-state index contributed by atoms with van der Waals surface area (Å²) in [7, 11) is 3.77. The fourth-order valence-corrected chi connectivity index (χ4v) is 5.52. The summed E-state index contributed by atoms with van der Waals surface area (Å²) in [5.74, 6) is -0.877. The number of aromatic nitrogens is 1. The van der Waals surface area contributed by atoms with Crippen molar-refractivity contribution in [2.45, 2.75) is 38.0 Å². The molecule has 1 unspecified atom stereocenters. The van der Waals surface area contributed by atoms with Crippen LogP contribution in [0.1, 0.15) is 52.0 Å². The van der Waals surface area contributed by atoms with E-state index < -0.39 is 30.7 Å². The maximum atomic E-state index is 13.8. The summed E-state index contributed by atoms with van der Waals surface area (Å²) < 4.78 is 48.7. The molecule has 0 saturated heterocycles. The first-order valence-electron chi connectivity index (χ1n) is 16.0. The van der Waals surface area contributed by atoms with E-state index in [0.29, 0.717) is 41.4 Å². The average molecular weight is 729 g/mol. The SMILES string of the molecule is CN(C)CCOC(=O)C(Nc1cccc(C(=O)O[C@@H](Cc2c(Cl)cncc2Cl)c2ccc(OC(F)F)c(OCC3CC3)c2)c1)c1ccccc1. The van der Waals surface area contributed by atoms with Crippen molar-refractivity contribution >= 4 is 40.8 Å². The van der Waals surface area contributed by atoms with Gasteiger partial charge in [0.05, 0.1) is 22.2 Å². The predicted molar refractivity (Wildman–Crippen MR) is 186 cm³/mol. The minimum Gasteiger partial charge on any atom is -0.489 e. The summed E-state index contributed by atoms with van der Waals surface area (Å²) in [4.78, 5) is 32.9. The molecule has 0 spiro atoms. The van der Waals surface area contributed by atoms with Crippen molar-refractivity contribution in [2.24, 2.45) is 5.92 Å². The number of nitrogens with zero attached hydrogens (tertiary/aromatic N) is 2. The van der Waals surface area contributed by atoms with Crippen LogP contribution in [0.25, 0.3) is 0 Å². The summed E-state index contributed by atoms with van der Waals surface area (Å²) >= 11 is 12.9. The van der Waals surface area contributed by atoms with E-state index in [1.54, 1.807) is 24.3 Å². The highest BCUT2D eigenvalue weighted by Gasteiger charge is 2.27. The minimum atomic E-state index is -3.06. The van der Waals surface area contributed by atoms with Crippen LogP contribution in [0, 0.1) is 5.92 Å². The minimum absolute atomic E-state index is 0.0376. The molecular weight excluding hydrogens is 691 g/mol. The zero-order chi connectivity index (χ0) is 35.6. The van der Waals surface area contributed by atoms with Crippen LogP contribution < -0.4 is 14.8 Å². The van der Waals surface area contributed by atoms with Gasteiger partial charge in [-0.15, -0.1) is 0 Å². The van der Waals surface area contributed by atoms with E-state index in [9.17, 15) is 18.4 Å². The summed E-state index contributed by atoms with van der Waals surface area (Å²) in [5, 5.41) is 3.72. The highest BCUT2D eigenvalue weighted by Crippen LogP contribution is 2.38. The highest BCUT2D eigenvalue weighted by atomic mass is 35.5. The molecule has 13 heteroatoms. The van der Waals surface area contributed by atoms with Crippen molar-refractivity contribution < 1.29 is 37.3 Å². The molecule has 1 aliphatic rings. The molecule has 50 heavy (non-hydrogen) atoms. The summed E-state index contributed by atoms with van der Waals surface area (Å²) in [6.45, 7) is -1.96. The Bertz CT molecular complexity index is 1740. The van der Waals surface area contributed by atoms with E-state index in [1.807, 2.05) is 49.3 Å². The number of carbonyl (C=O) groups is 2. The van der Waals surface area contributed by atoms with Crippen LogP contribution in [-0.2, 0) is 20.7 Å². The largest absolute Gasteiger partial charge is 0.489 e. The Hall–Kier alpha value is -4.45. The van der Waals surface area contributed by atoms with Crippen LogP contribution >= 0.6 is 23.2 Å². The van der Waals surface area contributed by atoms with Crippen molar-refractivity contribution in [1.82, 2.24) is 9.88 Å². The third-order valence-corrected chi connectivity index (χ3v) is 8.53. The van der Waals surface area contributed by atoms with Gasteiger partial charge in [-0.05, 0) is 79.9 Å². The van der Waals surface area contributed by atoms with Gasteiger partial charge in [-0.1, -0.05) is 65.7 Å². The summed E-state index contributed by atoms with van der Waals surface area (Å²) in [6.07, 6.45) is 3.88. The molecule has 264 valence electrons. The number of hydrogen-bond acceptors (Lipinski definition) is 9. The second-order valence-electron chi connectivity index (χ2n) is 12.1. The van der Waals surface area contributed by atoms with Gasteiger partial charge in [0.25, 0.3) is 0 Å². The molecule has 1 N–H and O–H groups in total. The Morgan fingerprint density at radius 3 is 2.36 bits per heavy atom. The van der Waals surface area contributed by atoms with E-state index in [2.05, 4.69) is 10.3 Å². The molecule has 1 aromatic heterocycles. The Balaban J connectivity index is 1.41. The van der Waals surface area contributed by atoms with E-state index >= 15 is 0 Å². The first-order valence-corrected chi connectivity index (χ1v) is 16.8. The number of carbonyl (C=O) groups excluding carboxylic acids is 2. The van der Waals surface area contributed by atoms with Crippen LogP contribution in [-0.4, -0.2) is 62.3 Å². The zero-order valence-corrected chi connectivity index (χ0v) is 29.0. The lowest BCUT2D eigenvalue weighted by Gasteiger charge is -2.22. The predicted octanol–water partition coefficient (Wildman–Crippen LogP) is 8.18. The van der Waals surface area contributed by atoms with Crippen LogP contribution in [0.3, 0.4) is 0 Å². The molecule has 1 heterocycles. The Morgan fingerprint density at radius 1 is 0.940 bits per heavy atom. The molecule has 1 fully saturated rings. The van der Waals surface area contributed by atoms with Crippen LogP contribution in [0.15, 0.2) is 85.2 Å². The summed E-state index contributed by atoms with van der Waals surface area (Å²) in [5.41, 5.74) is 2.25. The molecule has 0 bridgehead atoms. The van der Waals surface area contributed by atoms with Crippen LogP contribution in [0.5, 0.6) is 11.5 Å². The van der Waals surface area contributed by atoms with Gasteiger partial charge in [0.2, 0.25) is 0 Å². The van der Waals surface area contributed by atoms with Gasteiger partial charge in [0, 0.05) is 31.0 Å². The van der Waals surface area contributed by atoms with Crippen molar-refractivity contribution in [2.75, 3.05) is 39.2 Å². The molecule has 9 nitrogen and oxygen atoms in total. The van der Waals surface area contributed by atoms with Gasteiger partial charge in [0.15, 0.2) is 17.5 Å². The maximum Gasteiger partial charge on any atom is 0.387 e. The quantitative estimate of drug-likeness (QED) is 0.108. The van der Waals surface area contributed by atoms with Gasteiger partial charge >= 0.3 is 18.6 Å². The molecule has 0 aliphatic heterocycles. The van der Waals surface area contributed by atoms with Gasteiger partial charge < -0.3 is 29.2 Å². The van der Waals surface area contributed by atoms with E-state index in [0.717, 1.165) is 12.8 Å². The van der Waals surface area contributed by atoms with E-state index in [1.165, 1.54) is 30.6 Å². The monoisotopic (exact) mass is 727 g/mol. The van der Waals surface area contributed by atoms with Crippen LogP contribution in [0.2, 0.25) is 10.0 Å². The number of nitrogens with one attached hydrogen (secondary N) is 1. The summed E-state index contributed by atoms with van der Waals surface area (Å²) in [6, 6.07) is 19.2. The third kappa shape index (κ3) is 10.5. The molecule has 2 atom stereocenters. The fourth-order valence-electron chi connectivity index (χ4n) is 5.01. The number of ether oxygens (including phenoxy) is 4. The standard InChI is InChI=1S/C37H37Cl2F2N3O6/c1-44(2)15-16-47-36(46)34(24-7-4-3-5-8-24)43-27-10-6-9-26(17-27)35(45)49-32(19-28-29(38)20-42-21-30(28)39)25-13-14-31(50-37(40)41)33(18-25)48-22-23-11-12-23/h3-10,13-14,17-18,20-21,23,32,34,37,43H,11-12,15-16,19,22H2,1-2H3/t32-,34?/m0/s1. The number of benzene rings is 3. The topological polar surface area (TPSA) is 99.2 Å². The molecule has 1 saturated carbocycles. The number of rotatable bonds is 17. The maximum absolute atomic E-state index is 13.8. The number of alkyl halides is 2. The fraction of sp³-hybridized carbons (Fsp3) is 0.324. The van der Waals surface area contributed by atoms with Gasteiger partial charge in [0.1, 0.15) is 12.7 Å². The van der Waals surface area contributed by atoms with Gasteiger partial charge in [-0.25, -0.2) is 9.59 Å². The normalized spacial score (nSPS) is 13.8. The number of likely N-dealkylation sites (N-methyl/N-ethyl adjacent to an activating group) is 1. The second kappa shape index (κ2) is 17.5. The van der Waals surface area contributed by atoms with E-state index in [-0.39, 0.29) is 40.1 Å². The highest BCUT2D eigenvalue weighted by molar-refractivity contribution is 6.35. The average Bonchev–Trinajstić information content (AvgIpc) is 3.93.